The molecule has 106 valence electrons. The summed E-state index contributed by atoms with van der Waals surface area (Å²) in [4.78, 5) is 0. The van der Waals surface area contributed by atoms with E-state index in [1.54, 1.807) is 12.1 Å². The lowest BCUT2D eigenvalue weighted by atomic mass is 9.90. The molecule has 0 spiro atoms. The van der Waals surface area contributed by atoms with E-state index >= 15 is 0 Å². The van der Waals surface area contributed by atoms with Crippen LogP contribution in [0.25, 0.3) is 0 Å². The van der Waals surface area contributed by atoms with E-state index < -0.39 is 0 Å². The Balaban J connectivity index is 1.71. The summed E-state index contributed by atoms with van der Waals surface area (Å²) in [5.41, 5.74) is 1.21. The Morgan fingerprint density at radius 3 is 2.53 bits per heavy atom. The predicted molar refractivity (Wildman–Crippen MR) is 76.9 cm³/mol. The number of benzene rings is 1. The number of ether oxygens (including phenoxy) is 1. The predicted octanol–water partition coefficient (Wildman–Crippen LogP) is 5.06. The molecule has 19 heavy (non-hydrogen) atoms. The van der Waals surface area contributed by atoms with E-state index in [0.29, 0.717) is 12.0 Å². The molecule has 2 rings (SSSR count). The van der Waals surface area contributed by atoms with Gasteiger partial charge in [0.25, 0.3) is 0 Å². The normalized spacial score (nSPS) is 23.5. The molecule has 2 atom stereocenters. The lowest BCUT2D eigenvalue weighted by molar-refractivity contribution is -0.00213. The second-order valence-electron chi connectivity index (χ2n) is 5.63. The second-order valence-corrected chi connectivity index (χ2v) is 5.63. The van der Waals surface area contributed by atoms with Crippen molar-refractivity contribution in [2.45, 2.75) is 63.9 Å². The molecule has 1 saturated heterocycles. The van der Waals surface area contributed by atoms with Crippen molar-refractivity contribution in [3.63, 3.8) is 0 Å². The molecule has 2 unspecified atom stereocenters. The summed E-state index contributed by atoms with van der Waals surface area (Å²) in [6.07, 6.45) is 9.23. The van der Waals surface area contributed by atoms with Crippen molar-refractivity contribution in [3.05, 3.63) is 35.6 Å². The molecule has 0 radical (unpaired) electrons. The topological polar surface area (TPSA) is 9.23 Å². The molecule has 0 N–H and O–H groups in total. The van der Waals surface area contributed by atoms with Crippen LogP contribution in [0.2, 0.25) is 0 Å². The van der Waals surface area contributed by atoms with Crippen LogP contribution in [0.5, 0.6) is 0 Å². The minimum atomic E-state index is -0.158. The summed E-state index contributed by atoms with van der Waals surface area (Å²) in [5, 5.41) is 0. The van der Waals surface area contributed by atoms with Gasteiger partial charge in [-0.2, -0.15) is 0 Å². The summed E-state index contributed by atoms with van der Waals surface area (Å²) in [7, 11) is 0. The third-order valence-electron chi connectivity index (χ3n) is 4.09. The van der Waals surface area contributed by atoms with Gasteiger partial charge in [0.2, 0.25) is 0 Å². The fourth-order valence-corrected chi connectivity index (χ4v) is 2.83. The van der Waals surface area contributed by atoms with E-state index in [9.17, 15) is 4.39 Å². The molecule has 1 aromatic carbocycles. The third kappa shape index (κ3) is 4.61. The third-order valence-corrected chi connectivity index (χ3v) is 4.09. The summed E-state index contributed by atoms with van der Waals surface area (Å²) in [6, 6.07) is 6.88. The van der Waals surface area contributed by atoms with Crippen molar-refractivity contribution in [2.24, 2.45) is 0 Å². The van der Waals surface area contributed by atoms with Gasteiger partial charge in [0.1, 0.15) is 5.82 Å². The first-order valence-electron chi connectivity index (χ1n) is 7.66. The number of unbranched alkanes of at least 4 members (excludes halogenated alkanes) is 3. The molecule has 1 nitrogen and oxygen atoms in total. The van der Waals surface area contributed by atoms with Crippen LogP contribution < -0.4 is 0 Å². The Morgan fingerprint density at radius 1 is 1.11 bits per heavy atom. The van der Waals surface area contributed by atoms with Crippen LogP contribution >= 0.6 is 0 Å². The van der Waals surface area contributed by atoms with Gasteiger partial charge in [0.15, 0.2) is 0 Å². The highest BCUT2D eigenvalue weighted by atomic mass is 19.1. The molecule has 1 aromatic rings. The fraction of sp³-hybridized carbons (Fsp3) is 0.647. The molecule has 1 fully saturated rings. The van der Waals surface area contributed by atoms with Crippen LogP contribution in [0.3, 0.4) is 0 Å². The maximum absolute atomic E-state index is 12.9. The molecule has 0 bridgehead atoms. The van der Waals surface area contributed by atoms with Crippen molar-refractivity contribution in [1.29, 1.82) is 0 Å². The van der Waals surface area contributed by atoms with E-state index in [1.165, 1.54) is 44.1 Å². The SMILES string of the molecule is CCCCCCC1CCC(c2ccc(F)cc2)CO1. The smallest absolute Gasteiger partial charge is 0.123 e. The first kappa shape index (κ1) is 14.5. The number of hydrogen-bond acceptors (Lipinski definition) is 1. The molecule has 1 aliphatic heterocycles. The van der Waals surface area contributed by atoms with E-state index in [0.717, 1.165) is 13.0 Å². The average Bonchev–Trinajstić information content (AvgIpc) is 2.45. The summed E-state index contributed by atoms with van der Waals surface area (Å²) >= 11 is 0. The molecule has 1 heterocycles. The van der Waals surface area contributed by atoms with Gasteiger partial charge in [-0.15, -0.1) is 0 Å². The summed E-state index contributed by atoms with van der Waals surface area (Å²) in [5.74, 6) is 0.293. The highest BCUT2D eigenvalue weighted by molar-refractivity contribution is 5.20. The van der Waals surface area contributed by atoms with E-state index in [-0.39, 0.29) is 5.82 Å². The largest absolute Gasteiger partial charge is 0.378 e. The van der Waals surface area contributed by atoms with E-state index in [4.69, 9.17) is 4.74 Å². The number of hydrogen-bond donors (Lipinski definition) is 0. The molecule has 1 aliphatic rings. The Bertz CT molecular complexity index is 352. The highest BCUT2D eigenvalue weighted by Gasteiger charge is 2.22. The highest BCUT2D eigenvalue weighted by Crippen LogP contribution is 2.30. The van der Waals surface area contributed by atoms with Gasteiger partial charge in [0.05, 0.1) is 12.7 Å². The standard InChI is InChI=1S/C17H25FO/c1-2-3-4-5-6-17-12-9-15(13-19-17)14-7-10-16(18)11-8-14/h7-8,10-11,15,17H,2-6,9,12-13H2,1H3. The molecule has 0 amide bonds. The minimum Gasteiger partial charge on any atom is -0.378 e. The zero-order chi connectivity index (χ0) is 13.5. The summed E-state index contributed by atoms with van der Waals surface area (Å²) in [6.45, 7) is 3.04. The van der Waals surface area contributed by atoms with Crippen LogP contribution in [-0.4, -0.2) is 12.7 Å². The maximum Gasteiger partial charge on any atom is 0.123 e. The fourth-order valence-electron chi connectivity index (χ4n) is 2.83. The van der Waals surface area contributed by atoms with Crippen molar-refractivity contribution >= 4 is 0 Å². The van der Waals surface area contributed by atoms with Crippen LogP contribution in [0.4, 0.5) is 4.39 Å². The van der Waals surface area contributed by atoms with E-state index in [1.807, 2.05) is 12.1 Å². The van der Waals surface area contributed by atoms with Crippen molar-refractivity contribution in [3.8, 4) is 0 Å². The monoisotopic (exact) mass is 264 g/mol. The molecule has 0 saturated carbocycles. The van der Waals surface area contributed by atoms with Gasteiger partial charge >= 0.3 is 0 Å². The average molecular weight is 264 g/mol. The van der Waals surface area contributed by atoms with Crippen LogP contribution in [0.1, 0.15) is 63.4 Å². The lowest BCUT2D eigenvalue weighted by Gasteiger charge is -2.29. The first-order chi connectivity index (χ1) is 9.29. The Morgan fingerprint density at radius 2 is 1.89 bits per heavy atom. The van der Waals surface area contributed by atoms with Gasteiger partial charge in [-0.3, -0.25) is 0 Å². The number of rotatable bonds is 6. The van der Waals surface area contributed by atoms with Crippen molar-refractivity contribution in [1.82, 2.24) is 0 Å². The Kier molecular flexibility index (Phi) is 5.84. The molecular formula is C17H25FO. The zero-order valence-corrected chi connectivity index (χ0v) is 11.9. The van der Waals surface area contributed by atoms with Crippen LogP contribution in [0.15, 0.2) is 24.3 Å². The second kappa shape index (κ2) is 7.64. The quantitative estimate of drug-likeness (QED) is 0.653. The van der Waals surface area contributed by atoms with E-state index in [2.05, 4.69) is 6.92 Å². The molecule has 0 aliphatic carbocycles. The Labute approximate surface area is 116 Å². The van der Waals surface area contributed by atoms with Crippen molar-refractivity contribution < 1.29 is 9.13 Å². The van der Waals surface area contributed by atoms with Crippen molar-refractivity contribution in [2.75, 3.05) is 6.61 Å². The van der Waals surface area contributed by atoms with Gasteiger partial charge < -0.3 is 4.74 Å². The van der Waals surface area contributed by atoms with Gasteiger partial charge in [-0.05, 0) is 37.0 Å². The molecular weight excluding hydrogens is 239 g/mol. The molecule has 0 aromatic heterocycles. The molecule has 2 heteroatoms. The number of halogens is 1. The first-order valence-corrected chi connectivity index (χ1v) is 7.66. The van der Waals surface area contributed by atoms with Gasteiger partial charge in [-0.1, -0.05) is 44.7 Å². The minimum absolute atomic E-state index is 0.158. The zero-order valence-electron chi connectivity index (χ0n) is 11.9. The summed E-state index contributed by atoms with van der Waals surface area (Å²) < 4.78 is 18.8. The van der Waals surface area contributed by atoms with Gasteiger partial charge in [-0.25, -0.2) is 4.39 Å². The van der Waals surface area contributed by atoms with Gasteiger partial charge in [0, 0.05) is 5.92 Å². The lowest BCUT2D eigenvalue weighted by Crippen LogP contribution is -2.24. The maximum atomic E-state index is 12.9. The van der Waals surface area contributed by atoms with Crippen LogP contribution in [0, 0.1) is 5.82 Å². The van der Waals surface area contributed by atoms with Crippen LogP contribution in [-0.2, 0) is 4.74 Å². The Hall–Kier alpha value is -0.890.